The Labute approximate surface area is 119 Å². The lowest BCUT2D eigenvalue weighted by Gasteiger charge is -2.06. The van der Waals surface area contributed by atoms with Crippen molar-refractivity contribution in [2.75, 3.05) is 0 Å². The molecule has 1 aliphatic carbocycles. The molecule has 0 saturated heterocycles. The van der Waals surface area contributed by atoms with Gasteiger partial charge in [-0.05, 0) is 56.4 Å². The molecule has 0 bridgehead atoms. The van der Waals surface area contributed by atoms with Crippen LogP contribution in [0.3, 0.4) is 0 Å². The smallest absolute Gasteiger partial charge is 0.168 e. The van der Waals surface area contributed by atoms with E-state index in [-0.39, 0.29) is 5.78 Å². The number of rotatable bonds is 4. The van der Waals surface area contributed by atoms with Gasteiger partial charge in [-0.15, -0.1) is 0 Å². The van der Waals surface area contributed by atoms with E-state index in [1.54, 1.807) is 0 Å². The SMILES string of the molecule is CCn1nc(C)cc1CC(=O)c1ccc2c(c1)CCC2. The summed E-state index contributed by atoms with van der Waals surface area (Å²) in [5, 5.41) is 4.40. The first-order valence-electron chi connectivity index (χ1n) is 7.35. The molecule has 1 heterocycles. The number of carbonyl (C=O) groups is 1. The molecule has 0 aliphatic heterocycles. The number of aromatic nitrogens is 2. The van der Waals surface area contributed by atoms with E-state index in [4.69, 9.17) is 0 Å². The normalized spacial score (nSPS) is 13.5. The van der Waals surface area contributed by atoms with Gasteiger partial charge in [-0.1, -0.05) is 12.1 Å². The standard InChI is InChI=1S/C17H20N2O/c1-3-19-16(9-12(2)18-19)11-17(20)15-8-7-13-5-4-6-14(13)10-15/h7-10H,3-6,11H2,1-2H3. The average molecular weight is 268 g/mol. The molecule has 0 atom stereocenters. The predicted octanol–water partition coefficient (Wildman–Crippen LogP) is 3.13. The highest BCUT2D eigenvalue weighted by Gasteiger charge is 2.15. The van der Waals surface area contributed by atoms with Crippen LogP contribution < -0.4 is 0 Å². The minimum absolute atomic E-state index is 0.189. The van der Waals surface area contributed by atoms with E-state index in [1.807, 2.05) is 23.7 Å². The van der Waals surface area contributed by atoms with Gasteiger partial charge in [0.15, 0.2) is 5.78 Å². The predicted molar refractivity (Wildman–Crippen MR) is 79.1 cm³/mol. The van der Waals surface area contributed by atoms with Crippen LogP contribution in [-0.4, -0.2) is 15.6 Å². The Kier molecular flexibility index (Phi) is 3.43. The zero-order valence-corrected chi connectivity index (χ0v) is 12.1. The second-order valence-electron chi connectivity index (χ2n) is 5.53. The highest BCUT2D eigenvalue weighted by Crippen LogP contribution is 2.23. The molecule has 0 saturated carbocycles. The van der Waals surface area contributed by atoms with E-state index >= 15 is 0 Å². The lowest BCUT2D eigenvalue weighted by atomic mass is 10.0. The number of nitrogens with zero attached hydrogens (tertiary/aromatic N) is 2. The Balaban J connectivity index is 1.82. The van der Waals surface area contributed by atoms with Gasteiger partial charge in [0, 0.05) is 17.8 Å². The quantitative estimate of drug-likeness (QED) is 0.798. The maximum Gasteiger partial charge on any atom is 0.168 e. The van der Waals surface area contributed by atoms with Gasteiger partial charge < -0.3 is 0 Å². The molecule has 0 amide bonds. The summed E-state index contributed by atoms with van der Waals surface area (Å²) in [5.41, 5.74) is 5.60. The van der Waals surface area contributed by atoms with Crippen molar-refractivity contribution in [2.45, 2.75) is 46.1 Å². The van der Waals surface area contributed by atoms with Crippen LogP contribution in [0.5, 0.6) is 0 Å². The topological polar surface area (TPSA) is 34.9 Å². The number of aryl methyl sites for hydroxylation is 4. The van der Waals surface area contributed by atoms with Crippen molar-refractivity contribution in [3.63, 3.8) is 0 Å². The number of ketones is 1. The van der Waals surface area contributed by atoms with E-state index in [0.29, 0.717) is 6.42 Å². The lowest BCUT2D eigenvalue weighted by molar-refractivity contribution is 0.0990. The molecule has 2 aromatic rings. The molecule has 0 N–H and O–H groups in total. The summed E-state index contributed by atoms with van der Waals surface area (Å²) >= 11 is 0. The Morgan fingerprint density at radius 3 is 2.85 bits per heavy atom. The molecule has 20 heavy (non-hydrogen) atoms. The Morgan fingerprint density at radius 1 is 1.25 bits per heavy atom. The minimum Gasteiger partial charge on any atom is -0.294 e. The van der Waals surface area contributed by atoms with Crippen LogP contribution in [0.1, 0.15) is 46.2 Å². The summed E-state index contributed by atoms with van der Waals surface area (Å²) < 4.78 is 1.92. The summed E-state index contributed by atoms with van der Waals surface area (Å²) in [7, 11) is 0. The highest BCUT2D eigenvalue weighted by atomic mass is 16.1. The van der Waals surface area contributed by atoms with E-state index in [2.05, 4.69) is 24.2 Å². The third kappa shape index (κ3) is 2.40. The van der Waals surface area contributed by atoms with Crippen molar-refractivity contribution in [1.29, 1.82) is 0 Å². The zero-order valence-electron chi connectivity index (χ0n) is 12.1. The van der Waals surface area contributed by atoms with Gasteiger partial charge in [-0.3, -0.25) is 9.48 Å². The Morgan fingerprint density at radius 2 is 2.05 bits per heavy atom. The first kappa shape index (κ1) is 13.1. The van der Waals surface area contributed by atoms with Crippen LogP contribution in [-0.2, 0) is 25.8 Å². The third-order valence-corrected chi connectivity index (χ3v) is 4.05. The Bertz CT molecular complexity index is 655. The second kappa shape index (κ2) is 5.23. The number of hydrogen-bond acceptors (Lipinski definition) is 2. The van der Waals surface area contributed by atoms with Crippen molar-refractivity contribution in [1.82, 2.24) is 9.78 Å². The first-order valence-corrected chi connectivity index (χ1v) is 7.35. The zero-order chi connectivity index (χ0) is 14.1. The van der Waals surface area contributed by atoms with Crippen molar-refractivity contribution in [3.05, 3.63) is 52.3 Å². The first-order chi connectivity index (χ1) is 9.67. The average Bonchev–Trinajstić information content (AvgIpc) is 3.03. The molecule has 0 radical (unpaired) electrons. The number of benzene rings is 1. The van der Waals surface area contributed by atoms with Crippen LogP contribution in [0.25, 0.3) is 0 Å². The molecule has 1 aromatic carbocycles. The van der Waals surface area contributed by atoms with Gasteiger partial charge in [0.05, 0.1) is 12.1 Å². The monoisotopic (exact) mass is 268 g/mol. The molecule has 3 heteroatoms. The van der Waals surface area contributed by atoms with Crippen LogP contribution >= 0.6 is 0 Å². The largest absolute Gasteiger partial charge is 0.294 e. The molecule has 1 aliphatic rings. The minimum atomic E-state index is 0.189. The molecule has 1 aromatic heterocycles. The molecule has 0 spiro atoms. The van der Waals surface area contributed by atoms with Crippen molar-refractivity contribution in [2.24, 2.45) is 0 Å². The fraction of sp³-hybridized carbons (Fsp3) is 0.412. The van der Waals surface area contributed by atoms with E-state index in [1.165, 1.54) is 17.5 Å². The van der Waals surface area contributed by atoms with Gasteiger partial charge in [0.25, 0.3) is 0 Å². The van der Waals surface area contributed by atoms with Crippen LogP contribution in [0, 0.1) is 6.92 Å². The van der Waals surface area contributed by atoms with Gasteiger partial charge >= 0.3 is 0 Å². The number of hydrogen-bond donors (Lipinski definition) is 0. The van der Waals surface area contributed by atoms with Gasteiger partial charge in [-0.25, -0.2) is 0 Å². The second-order valence-corrected chi connectivity index (χ2v) is 5.53. The van der Waals surface area contributed by atoms with Gasteiger partial charge in [-0.2, -0.15) is 5.10 Å². The van der Waals surface area contributed by atoms with Crippen LogP contribution in [0.15, 0.2) is 24.3 Å². The fourth-order valence-corrected chi connectivity index (χ4v) is 3.03. The molecular weight excluding hydrogens is 248 g/mol. The highest BCUT2D eigenvalue weighted by molar-refractivity contribution is 5.97. The van der Waals surface area contributed by atoms with E-state index in [9.17, 15) is 4.79 Å². The molecule has 3 nitrogen and oxygen atoms in total. The van der Waals surface area contributed by atoms with Gasteiger partial charge in [0.2, 0.25) is 0 Å². The van der Waals surface area contributed by atoms with Crippen molar-refractivity contribution >= 4 is 5.78 Å². The molecule has 3 rings (SSSR count). The van der Waals surface area contributed by atoms with Gasteiger partial charge in [0.1, 0.15) is 0 Å². The Hall–Kier alpha value is -1.90. The summed E-state index contributed by atoms with van der Waals surface area (Å²) in [4.78, 5) is 12.5. The summed E-state index contributed by atoms with van der Waals surface area (Å²) in [6.45, 7) is 4.83. The summed E-state index contributed by atoms with van der Waals surface area (Å²) in [6.07, 6.45) is 3.93. The van der Waals surface area contributed by atoms with E-state index < -0.39 is 0 Å². The van der Waals surface area contributed by atoms with Crippen LogP contribution in [0.4, 0.5) is 0 Å². The lowest BCUT2D eigenvalue weighted by Crippen LogP contribution is -2.10. The third-order valence-electron chi connectivity index (χ3n) is 4.05. The summed E-state index contributed by atoms with van der Waals surface area (Å²) in [5.74, 6) is 0.189. The maximum absolute atomic E-state index is 12.5. The fourth-order valence-electron chi connectivity index (χ4n) is 3.03. The number of Topliss-reactive ketones (excluding diaryl/α,β-unsaturated/α-hetero) is 1. The molecule has 0 unspecified atom stereocenters. The van der Waals surface area contributed by atoms with Crippen LogP contribution in [0.2, 0.25) is 0 Å². The molecule has 104 valence electrons. The molecule has 0 fully saturated rings. The number of carbonyl (C=O) groups excluding carboxylic acids is 1. The molecular formula is C17H20N2O. The van der Waals surface area contributed by atoms with E-state index in [0.717, 1.165) is 36.3 Å². The summed E-state index contributed by atoms with van der Waals surface area (Å²) in [6, 6.07) is 8.20. The maximum atomic E-state index is 12.5. The van der Waals surface area contributed by atoms with Crippen molar-refractivity contribution in [3.8, 4) is 0 Å². The number of fused-ring (bicyclic) bond motifs is 1. The van der Waals surface area contributed by atoms with Crippen molar-refractivity contribution < 1.29 is 4.79 Å².